The molecule has 140 valence electrons. The summed E-state index contributed by atoms with van der Waals surface area (Å²) in [6, 6.07) is 2.02. The first-order valence-corrected chi connectivity index (χ1v) is 12.5. The maximum absolute atomic E-state index is 9.67. The van der Waals surface area contributed by atoms with Crippen molar-refractivity contribution in [1.29, 1.82) is 0 Å². The van der Waals surface area contributed by atoms with E-state index in [1.54, 1.807) is 4.52 Å². The fraction of sp³-hybridized carbons (Fsp3) is 0.579. The molecule has 0 bridgehead atoms. The number of ether oxygens (including phenoxy) is 1. The van der Waals surface area contributed by atoms with Gasteiger partial charge in [0, 0.05) is 5.41 Å². The van der Waals surface area contributed by atoms with Gasteiger partial charge in [-0.05, 0) is 12.0 Å². The van der Waals surface area contributed by atoms with Gasteiger partial charge in [0.15, 0.2) is 5.82 Å². The van der Waals surface area contributed by atoms with E-state index in [-0.39, 0.29) is 30.1 Å². The molecule has 0 aliphatic carbocycles. The normalized spacial score (nSPS) is 25.3. The zero-order chi connectivity index (χ0) is 19.3. The van der Waals surface area contributed by atoms with Crippen molar-refractivity contribution in [2.45, 2.75) is 52.6 Å². The molecule has 3 rings (SSSR count). The molecule has 0 aromatic carbocycles. The topological polar surface area (TPSA) is 85.7 Å². The maximum Gasteiger partial charge on any atom is 0.152 e. The van der Waals surface area contributed by atoms with Crippen LogP contribution in [0.5, 0.6) is 0 Å². The second-order valence-electron chi connectivity index (χ2n) is 8.74. The number of nitrogens with two attached hydrogens (primary N) is 1. The van der Waals surface area contributed by atoms with Gasteiger partial charge in [-0.1, -0.05) is 46.3 Å². The lowest BCUT2D eigenvalue weighted by Gasteiger charge is -2.28. The van der Waals surface area contributed by atoms with Gasteiger partial charge in [0.1, 0.15) is 26.0 Å². The predicted molar refractivity (Wildman–Crippen MR) is 105 cm³/mol. The summed E-state index contributed by atoms with van der Waals surface area (Å²) in [5.74, 6) is 3.92. The summed E-state index contributed by atoms with van der Waals surface area (Å²) < 4.78 is 8.02. The van der Waals surface area contributed by atoms with E-state index in [0.717, 1.165) is 16.8 Å². The highest BCUT2D eigenvalue weighted by Gasteiger charge is 2.49. The van der Waals surface area contributed by atoms with Crippen LogP contribution in [0.1, 0.15) is 38.1 Å². The Hall–Kier alpha value is -1.88. The second kappa shape index (κ2) is 6.37. The Kier molecular flexibility index (Phi) is 4.63. The van der Waals surface area contributed by atoms with Gasteiger partial charge in [-0.25, -0.2) is 9.50 Å². The highest BCUT2D eigenvalue weighted by atomic mass is 28.3. The Morgan fingerprint density at radius 1 is 1.38 bits per heavy atom. The number of aliphatic hydroxyl groups excluding tert-OH is 1. The summed E-state index contributed by atoms with van der Waals surface area (Å²) in [7, 11) is -1.54. The summed E-state index contributed by atoms with van der Waals surface area (Å²) in [4.78, 5) is 4.14. The Balaban J connectivity index is 2.19. The molecule has 1 saturated heterocycles. The number of nitrogens with zero attached hydrogens (tertiary/aromatic N) is 3. The Morgan fingerprint density at radius 3 is 2.65 bits per heavy atom. The van der Waals surface area contributed by atoms with Gasteiger partial charge in [-0.3, -0.25) is 0 Å². The molecule has 3 atom stereocenters. The largest absolute Gasteiger partial charge is 0.394 e. The summed E-state index contributed by atoms with van der Waals surface area (Å²) in [6.07, 6.45) is 1.05. The van der Waals surface area contributed by atoms with E-state index in [0.29, 0.717) is 5.82 Å². The molecule has 1 fully saturated rings. The molecule has 6 nitrogen and oxygen atoms in total. The fourth-order valence-electron chi connectivity index (χ4n) is 3.47. The van der Waals surface area contributed by atoms with E-state index >= 15 is 0 Å². The summed E-state index contributed by atoms with van der Waals surface area (Å²) in [5.41, 5.74) is 11.8. The molecule has 3 N–H and O–H groups in total. The van der Waals surface area contributed by atoms with Crippen LogP contribution in [0.4, 0.5) is 5.82 Å². The molecule has 1 aliphatic rings. The lowest BCUT2D eigenvalue weighted by molar-refractivity contribution is -0.0116. The lowest BCUT2D eigenvalue weighted by atomic mass is 9.75. The van der Waals surface area contributed by atoms with Crippen molar-refractivity contribution in [2.75, 3.05) is 12.3 Å². The van der Waals surface area contributed by atoms with E-state index in [9.17, 15) is 5.11 Å². The van der Waals surface area contributed by atoms with Gasteiger partial charge in [-0.2, -0.15) is 5.10 Å². The van der Waals surface area contributed by atoms with Crippen LogP contribution in [0, 0.1) is 22.8 Å². The number of fused-ring (bicyclic) bond motifs is 1. The molecule has 0 unspecified atom stereocenters. The minimum Gasteiger partial charge on any atom is -0.394 e. The number of hydrogen-bond acceptors (Lipinski definition) is 5. The number of hydrogen-bond donors (Lipinski definition) is 2. The number of nitrogen functional groups attached to an aromatic ring is 1. The van der Waals surface area contributed by atoms with Gasteiger partial charge in [-0.15, -0.1) is 5.54 Å². The molecule has 7 heteroatoms. The summed E-state index contributed by atoms with van der Waals surface area (Å²) >= 11 is 0. The third-order valence-corrected chi connectivity index (χ3v) is 6.22. The number of aromatic nitrogens is 3. The van der Waals surface area contributed by atoms with Crippen LogP contribution in [-0.4, -0.2) is 40.5 Å². The van der Waals surface area contributed by atoms with Gasteiger partial charge in [0.2, 0.25) is 0 Å². The van der Waals surface area contributed by atoms with Crippen LogP contribution in [0.3, 0.4) is 0 Å². The average molecular weight is 373 g/mol. The third kappa shape index (κ3) is 3.13. The van der Waals surface area contributed by atoms with Crippen LogP contribution >= 0.6 is 0 Å². The van der Waals surface area contributed by atoms with Crippen LogP contribution in [0.2, 0.25) is 19.6 Å². The molecular weight excluding hydrogens is 344 g/mol. The van der Waals surface area contributed by atoms with Gasteiger partial charge in [0.25, 0.3) is 0 Å². The van der Waals surface area contributed by atoms with Crippen molar-refractivity contribution in [2.24, 2.45) is 11.3 Å². The first-order chi connectivity index (χ1) is 12.1. The zero-order valence-corrected chi connectivity index (χ0v) is 17.4. The smallest absolute Gasteiger partial charge is 0.152 e. The second-order valence-corrected chi connectivity index (χ2v) is 13.5. The first-order valence-electron chi connectivity index (χ1n) is 8.98. The number of aliphatic hydroxyl groups is 1. The van der Waals surface area contributed by atoms with Crippen LogP contribution < -0.4 is 5.73 Å². The summed E-state index contributed by atoms with van der Waals surface area (Å²) in [5, 5.41) is 14.1. The highest BCUT2D eigenvalue weighted by molar-refractivity contribution is 6.83. The van der Waals surface area contributed by atoms with Gasteiger partial charge in [0.05, 0.1) is 24.0 Å². The quantitative estimate of drug-likeness (QED) is 0.625. The molecule has 3 heterocycles. The van der Waals surface area contributed by atoms with Crippen molar-refractivity contribution in [3.05, 3.63) is 23.7 Å². The predicted octanol–water partition coefficient (Wildman–Crippen LogP) is 2.63. The minimum absolute atomic E-state index is 0.00378. The standard InChI is InChI=1S/C19H28N4O2Si/c1-12-15(10-24)25-17(19(12,2)3)14-9-13(7-8-26(4,5)6)16-18(20)21-11-22-23(14)16/h9,11-12,15,17,24H,10H2,1-6H3,(H2,20,21,22)/t12-,15-,17+/m1/s1. The van der Waals surface area contributed by atoms with Crippen molar-refractivity contribution >= 4 is 19.4 Å². The maximum atomic E-state index is 9.67. The fourth-order valence-corrected chi connectivity index (χ4v) is 3.98. The average Bonchev–Trinajstić information content (AvgIpc) is 3.02. The van der Waals surface area contributed by atoms with Crippen LogP contribution in [0.15, 0.2) is 12.4 Å². The molecule has 26 heavy (non-hydrogen) atoms. The van der Waals surface area contributed by atoms with Crippen molar-refractivity contribution in [3.8, 4) is 11.5 Å². The Bertz CT molecular complexity index is 889. The molecule has 2 aromatic heterocycles. The first kappa shape index (κ1) is 18.9. The molecule has 0 spiro atoms. The summed E-state index contributed by atoms with van der Waals surface area (Å²) in [6.45, 7) is 13.1. The minimum atomic E-state index is -1.54. The van der Waals surface area contributed by atoms with E-state index in [2.05, 4.69) is 62.0 Å². The molecule has 0 radical (unpaired) electrons. The van der Waals surface area contributed by atoms with E-state index in [1.807, 2.05) is 6.07 Å². The molecule has 1 aliphatic heterocycles. The monoisotopic (exact) mass is 372 g/mol. The molecular formula is C19H28N4O2Si. The van der Waals surface area contributed by atoms with E-state index in [4.69, 9.17) is 10.5 Å². The van der Waals surface area contributed by atoms with E-state index in [1.165, 1.54) is 6.33 Å². The lowest BCUT2D eigenvalue weighted by Crippen LogP contribution is -2.27. The molecule has 0 saturated carbocycles. The Labute approximate surface area is 155 Å². The van der Waals surface area contributed by atoms with Crippen molar-refractivity contribution < 1.29 is 9.84 Å². The van der Waals surface area contributed by atoms with Crippen molar-refractivity contribution in [1.82, 2.24) is 14.6 Å². The number of rotatable bonds is 2. The van der Waals surface area contributed by atoms with Crippen LogP contribution in [0.25, 0.3) is 5.52 Å². The highest BCUT2D eigenvalue weighted by Crippen LogP contribution is 2.51. The van der Waals surface area contributed by atoms with Gasteiger partial charge < -0.3 is 15.6 Å². The third-order valence-electron chi connectivity index (χ3n) is 5.35. The van der Waals surface area contributed by atoms with Crippen LogP contribution in [-0.2, 0) is 4.74 Å². The molecule has 2 aromatic rings. The van der Waals surface area contributed by atoms with Gasteiger partial charge >= 0.3 is 0 Å². The SMILES string of the molecule is C[C@@H]1[C@@H](CO)O[C@@H](c2cc(C#C[Si](C)(C)C)c3c(N)ncnn23)C1(C)C. The van der Waals surface area contributed by atoms with E-state index < -0.39 is 8.07 Å². The Morgan fingerprint density at radius 2 is 2.08 bits per heavy atom. The molecule has 0 amide bonds. The zero-order valence-electron chi connectivity index (χ0n) is 16.4. The number of anilines is 1. The van der Waals surface area contributed by atoms with Crippen molar-refractivity contribution in [3.63, 3.8) is 0 Å².